The third kappa shape index (κ3) is 2.57. The number of phenolic OH excluding ortho intramolecular Hbond substituents is 1. The summed E-state index contributed by atoms with van der Waals surface area (Å²) < 4.78 is 0. The van der Waals surface area contributed by atoms with E-state index in [-0.39, 0.29) is 5.75 Å². The van der Waals surface area contributed by atoms with Gasteiger partial charge in [0.15, 0.2) is 0 Å². The van der Waals surface area contributed by atoms with Crippen molar-refractivity contribution >= 4 is 10.9 Å². The summed E-state index contributed by atoms with van der Waals surface area (Å²) in [5, 5.41) is 11.0. The van der Waals surface area contributed by atoms with Crippen LogP contribution in [-0.4, -0.2) is 52.1 Å². The smallest absolute Gasteiger partial charge is 0.141 e. The molecule has 0 radical (unpaired) electrons. The van der Waals surface area contributed by atoms with Gasteiger partial charge in [-0.05, 0) is 30.5 Å². The molecule has 116 valence electrons. The molecule has 1 saturated heterocycles. The summed E-state index contributed by atoms with van der Waals surface area (Å²) in [5.74, 6) is 0.272. The molecule has 2 heterocycles. The van der Waals surface area contributed by atoms with Gasteiger partial charge in [0.05, 0.1) is 0 Å². The second-order valence-electron chi connectivity index (χ2n) is 6.54. The number of rotatable bonds is 3. The Balaban J connectivity index is 1.47. The summed E-state index contributed by atoms with van der Waals surface area (Å²) >= 11 is 0. The Kier molecular flexibility index (Phi) is 3.72. The third-order valence-electron chi connectivity index (χ3n) is 5.23. The second kappa shape index (κ2) is 5.86. The number of hydrogen-bond donors (Lipinski definition) is 1. The van der Waals surface area contributed by atoms with Gasteiger partial charge in [-0.15, -0.1) is 0 Å². The van der Waals surface area contributed by atoms with Crippen LogP contribution in [0.25, 0.3) is 10.9 Å². The van der Waals surface area contributed by atoms with Gasteiger partial charge in [0.2, 0.25) is 0 Å². The zero-order valence-corrected chi connectivity index (χ0v) is 12.9. The normalized spacial score (nSPS) is 21.1. The van der Waals surface area contributed by atoms with Crippen LogP contribution in [0.15, 0.2) is 30.5 Å². The summed E-state index contributed by atoms with van der Waals surface area (Å²) in [6, 6.07) is 8.68. The van der Waals surface area contributed by atoms with Crippen LogP contribution in [-0.2, 0) is 6.54 Å². The molecule has 4 nitrogen and oxygen atoms in total. The van der Waals surface area contributed by atoms with Crippen molar-refractivity contribution in [1.82, 2.24) is 14.8 Å². The molecule has 1 N–H and O–H groups in total. The molecule has 1 aliphatic carbocycles. The van der Waals surface area contributed by atoms with Crippen LogP contribution in [0.1, 0.15) is 24.8 Å². The molecule has 2 aliphatic rings. The van der Waals surface area contributed by atoms with Crippen molar-refractivity contribution in [1.29, 1.82) is 0 Å². The van der Waals surface area contributed by atoms with Gasteiger partial charge >= 0.3 is 0 Å². The van der Waals surface area contributed by atoms with E-state index in [1.165, 1.54) is 37.9 Å². The van der Waals surface area contributed by atoms with Crippen LogP contribution in [0.3, 0.4) is 0 Å². The molecule has 0 amide bonds. The lowest BCUT2D eigenvalue weighted by atomic mass is 9.91. The summed E-state index contributed by atoms with van der Waals surface area (Å²) in [7, 11) is 0. The molecular formula is C18H23N3O. The van der Waals surface area contributed by atoms with Gasteiger partial charge in [-0.1, -0.05) is 18.6 Å². The molecule has 0 unspecified atom stereocenters. The van der Waals surface area contributed by atoms with E-state index >= 15 is 0 Å². The molecule has 1 saturated carbocycles. The Morgan fingerprint density at radius 3 is 2.64 bits per heavy atom. The number of aromatic hydroxyl groups is 1. The van der Waals surface area contributed by atoms with Crippen LogP contribution in [0.2, 0.25) is 0 Å². The molecule has 4 heteroatoms. The Labute approximate surface area is 131 Å². The molecule has 22 heavy (non-hydrogen) atoms. The van der Waals surface area contributed by atoms with Gasteiger partial charge in [-0.2, -0.15) is 0 Å². The van der Waals surface area contributed by atoms with Crippen molar-refractivity contribution in [3.8, 4) is 5.75 Å². The highest BCUT2D eigenvalue weighted by Crippen LogP contribution is 2.28. The minimum atomic E-state index is 0.272. The molecular weight excluding hydrogens is 274 g/mol. The molecule has 0 bridgehead atoms. The fourth-order valence-corrected chi connectivity index (χ4v) is 3.63. The average molecular weight is 297 g/mol. The lowest BCUT2D eigenvalue weighted by Gasteiger charge is -2.43. The highest BCUT2D eigenvalue weighted by atomic mass is 16.3. The van der Waals surface area contributed by atoms with Crippen molar-refractivity contribution in [2.24, 2.45) is 0 Å². The zero-order chi connectivity index (χ0) is 14.9. The van der Waals surface area contributed by atoms with Gasteiger partial charge < -0.3 is 5.11 Å². The summed E-state index contributed by atoms with van der Waals surface area (Å²) in [6.45, 7) is 5.61. The lowest BCUT2D eigenvalue weighted by Crippen LogP contribution is -2.51. The van der Waals surface area contributed by atoms with Crippen LogP contribution in [0.4, 0.5) is 0 Å². The Hall–Kier alpha value is -1.65. The minimum absolute atomic E-state index is 0.272. The predicted octanol–water partition coefficient (Wildman–Crippen LogP) is 2.61. The lowest BCUT2D eigenvalue weighted by molar-refractivity contribution is 0.0589. The molecule has 4 rings (SSSR count). The Bertz CT molecular complexity index is 660. The number of nitrogens with zero attached hydrogens (tertiary/aromatic N) is 3. The van der Waals surface area contributed by atoms with Crippen LogP contribution in [0.5, 0.6) is 5.75 Å². The molecule has 0 atom stereocenters. The first-order valence-electron chi connectivity index (χ1n) is 8.33. The zero-order valence-electron chi connectivity index (χ0n) is 12.9. The molecule has 2 aromatic rings. The first kappa shape index (κ1) is 14.0. The number of pyridine rings is 1. The molecule has 1 aromatic carbocycles. The van der Waals surface area contributed by atoms with Crippen molar-refractivity contribution in [3.05, 3.63) is 36.0 Å². The van der Waals surface area contributed by atoms with E-state index in [1.807, 2.05) is 12.1 Å². The maximum Gasteiger partial charge on any atom is 0.141 e. The summed E-state index contributed by atoms with van der Waals surface area (Å²) in [6.07, 6.45) is 5.95. The predicted molar refractivity (Wildman–Crippen MR) is 87.9 cm³/mol. The fourth-order valence-electron chi connectivity index (χ4n) is 3.63. The van der Waals surface area contributed by atoms with Gasteiger partial charge in [0.25, 0.3) is 0 Å². The molecule has 2 fully saturated rings. The van der Waals surface area contributed by atoms with Gasteiger partial charge in [-0.25, -0.2) is 0 Å². The van der Waals surface area contributed by atoms with Gasteiger partial charge in [-0.3, -0.25) is 14.8 Å². The number of benzene rings is 1. The van der Waals surface area contributed by atoms with E-state index in [9.17, 15) is 5.11 Å². The van der Waals surface area contributed by atoms with E-state index in [2.05, 4.69) is 20.9 Å². The highest BCUT2D eigenvalue weighted by molar-refractivity contribution is 5.87. The van der Waals surface area contributed by atoms with E-state index in [4.69, 9.17) is 0 Å². The third-order valence-corrected chi connectivity index (χ3v) is 5.23. The van der Waals surface area contributed by atoms with E-state index in [0.717, 1.165) is 31.1 Å². The van der Waals surface area contributed by atoms with Gasteiger partial charge in [0, 0.05) is 50.3 Å². The Morgan fingerprint density at radius 1 is 1.09 bits per heavy atom. The topological polar surface area (TPSA) is 39.6 Å². The standard InChI is InChI=1S/C18H23N3O/c22-17-7-6-14(16-5-2-8-19-18(16)17)13-20-9-11-21(12-10-20)15-3-1-4-15/h2,5-8,15,22H,1,3-4,9-13H2. The number of piperazine rings is 1. The first-order chi connectivity index (χ1) is 10.8. The van der Waals surface area contributed by atoms with Crippen LogP contribution in [0, 0.1) is 0 Å². The quantitative estimate of drug-likeness (QED) is 0.945. The average Bonchev–Trinajstić information content (AvgIpc) is 2.50. The maximum atomic E-state index is 9.95. The largest absolute Gasteiger partial charge is 0.506 e. The van der Waals surface area contributed by atoms with Crippen molar-refractivity contribution in [2.75, 3.05) is 26.2 Å². The van der Waals surface area contributed by atoms with E-state index in [0.29, 0.717) is 5.52 Å². The van der Waals surface area contributed by atoms with Crippen molar-refractivity contribution < 1.29 is 5.11 Å². The van der Waals surface area contributed by atoms with Crippen LogP contribution < -0.4 is 0 Å². The van der Waals surface area contributed by atoms with Crippen molar-refractivity contribution in [3.63, 3.8) is 0 Å². The molecule has 1 aromatic heterocycles. The number of aromatic nitrogens is 1. The summed E-state index contributed by atoms with van der Waals surface area (Å²) in [5.41, 5.74) is 1.98. The SMILES string of the molecule is Oc1ccc(CN2CCN(C3CCC3)CC2)c2cccnc12. The second-order valence-corrected chi connectivity index (χ2v) is 6.54. The van der Waals surface area contributed by atoms with Gasteiger partial charge in [0.1, 0.15) is 11.3 Å². The fraction of sp³-hybridized carbons (Fsp3) is 0.500. The number of phenols is 1. The van der Waals surface area contributed by atoms with E-state index < -0.39 is 0 Å². The Morgan fingerprint density at radius 2 is 1.91 bits per heavy atom. The van der Waals surface area contributed by atoms with Crippen molar-refractivity contribution in [2.45, 2.75) is 31.8 Å². The summed E-state index contributed by atoms with van der Waals surface area (Å²) in [4.78, 5) is 9.50. The van der Waals surface area contributed by atoms with Crippen LogP contribution >= 0.6 is 0 Å². The maximum absolute atomic E-state index is 9.95. The minimum Gasteiger partial charge on any atom is -0.506 e. The molecule has 0 spiro atoms. The highest BCUT2D eigenvalue weighted by Gasteiger charge is 2.27. The molecule has 1 aliphatic heterocycles. The number of fused-ring (bicyclic) bond motifs is 1. The number of hydrogen-bond acceptors (Lipinski definition) is 4. The van der Waals surface area contributed by atoms with E-state index in [1.54, 1.807) is 12.3 Å². The monoisotopic (exact) mass is 297 g/mol. The first-order valence-corrected chi connectivity index (χ1v) is 8.33.